The number of hydrogen-bond acceptors (Lipinski definition) is 2. The Morgan fingerprint density at radius 1 is 1.24 bits per heavy atom. The van der Waals surface area contributed by atoms with Crippen LogP contribution in [0.1, 0.15) is 47.5 Å². The molecule has 17 heavy (non-hydrogen) atoms. The van der Waals surface area contributed by atoms with E-state index in [1.54, 1.807) is 0 Å². The average Bonchev–Trinajstić information content (AvgIpc) is 2.48. The van der Waals surface area contributed by atoms with Gasteiger partial charge in [0.1, 0.15) is 6.04 Å². The summed E-state index contributed by atoms with van der Waals surface area (Å²) in [6.45, 7) is 15.8. The molecular formula is C13H29N2OSi+. The standard InChI is InChI=1S/C13H28N2OSi/c1-12(2,3)17(6,7)16-13(4,5)10-8-9-11(14)15-10/h10H,8-9H2,1-7H3,(H2,14,15)/p+1. The molecule has 0 spiro atoms. The zero-order valence-corrected chi connectivity index (χ0v) is 13.5. The number of nitrogens with one attached hydrogen (secondary N) is 1. The SMILES string of the molecule is CC(C)(O[Si](C)(C)C(C)(C)C)C1CCC(N)=[NH+]1. The van der Waals surface area contributed by atoms with Gasteiger partial charge in [-0.2, -0.15) is 0 Å². The predicted molar refractivity (Wildman–Crippen MR) is 75.5 cm³/mol. The lowest BCUT2D eigenvalue weighted by molar-refractivity contribution is -0.516. The Morgan fingerprint density at radius 3 is 2.12 bits per heavy atom. The fraction of sp³-hybridized carbons (Fsp3) is 0.923. The molecule has 1 unspecified atom stereocenters. The molecule has 0 aromatic rings. The summed E-state index contributed by atoms with van der Waals surface area (Å²) in [6, 6.07) is 0.344. The summed E-state index contributed by atoms with van der Waals surface area (Å²) in [5, 5.41) is 0.248. The topological polar surface area (TPSA) is 49.2 Å². The third-order valence-electron chi connectivity index (χ3n) is 4.23. The van der Waals surface area contributed by atoms with E-state index in [2.05, 4.69) is 52.7 Å². The molecule has 4 heteroatoms. The summed E-state index contributed by atoms with van der Waals surface area (Å²) in [5.41, 5.74) is 5.68. The summed E-state index contributed by atoms with van der Waals surface area (Å²) in [5.74, 6) is 0.905. The monoisotopic (exact) mass is 257 g/mol. The maximum absolute atomic E-state index is 6.53. The van der Waals surface area contributed by atoms with Crippen LogP contribution in [0, 0.1) is 0 Å². The van der Waals surface area contributed by atoms with E-state index < -0.39 is 8.32 Å². The highest BCUT2D eigenvalue weighted by Crippen LogP contribution is 2.39. The molecule has 0 amide bonds. The van der Waals surface area contributed by atoms with Crippen molar-refractivity contribution in [2.75, 3.05) is 0 Å². The van der Waals surface area contributed by atoms with Crippen LogP contribution in [0.2, 0.25) is 18.1 Å². The molecule has 0 bridgehead atoms. The molecule has 100 valence electrons. The maximum Gasteiger partial charge on any atom is 0.240 e. The average molecular weight is 257 g/mol. The van der Waals surface area contributed by atoms with Crippen molar-refractivity contribution in [2.45, 2.75) is 77.2 Å². The number of amidine groups is 1. The van der Waals surface area contributed by atoms with E-state index in [1.165, 1.54) is 0 Å². The molecule has 1 rings (SSSR count). The Bertz CT molecular complexity index is 316. The van der Waals surface area contributed by atoms with Gasteiger partial charge in [-0.3, -0.25) is 10.7 Å². The van der Waals surface area contributed by atoms with Gasteiger partial charge in [0.15, 0.2) is 8.32 Å². The number of rotatable bonds is 3. The zero-order valence-electron chi connectivity index (χ0n) is 12.5. The van der Waals surface area contributed by atoms with Gasteiger partial charge >= 0.3 is 0 Å². The van der Waals surface area contributed by atoms with E-state index in [0.717, 1.165) is 18.7 Å². The van der Waals surface area contributed by atoms with Crippen molar-refractivity contribution < 1.29 is 9.42 Å². The van der Waals surface area contributed by atoms with Gasteiger partial charge in [0.05, 0.1) is 12.0 Å². The lowest BCUT2D eigenvalue weighted by Crippen LogP contribution is -2.83. The molecule has 0 aromatic heterocycles. The van der Waals surface area contributed by atoms with Gasteiger partial charge in [-0.1, -0.05) is 20.8 Å². The van der Waals surface area contributed by atoms with Crippen molar-refractivity contribution in [3.8, 4) is 0 Å². The van der Waals surface area contributed by atoms with E-state index >= 15 is 0 Å². The van der Waals surface area contributed by atoms with Crippen molar-refractivity contribution in [3.63, 3.8) is 0 Å². The Balaban J connectivity index is 2.80. The van der Waals surface area contributed by atoms with Crippen molar-refractivity contribution in [3.05, 3.63) is 0 Å². The van der Waals surface area contributed by atoms with Gasteiger partial charge in [0, 0.05) is 6.42 Å². The van der Waals surface area contributed by atoms with Crippen molar-refractivity contribution in [1.82, 2.24) is 0 Å². The fourth-order valence-electron chi connectivity index (χ4n) is 2.07. The molecule has 1 aliphatic heterocycles. The molecule has 0 fully saturated rings. The molecule has 3 N–H and O–H groups in total. The third-order valence-corrected chi connectivity index (χ3v) is 8.87. The van der Waals surface area contributed by atoms with E-state index in [0.29, 0.717) is 6.04 Å². The van der Waals surface area contributed by atoms with Gasteiger partial charge in [-0.25, -0.2) is 0 Å². The van der Waals surface area contributed by atoms with Gasteiger partial charge in [-0.05, 0) is 32.0 Å². The summed E-state index contributed by atoms with van der Waals surface area (Å²) in [4.78, 5) is 3.36. The Morgan fingerprint density at radius 2 is 1.76 bits per heavy atom. The van der Waals surface area contributed by atoms with E-state index in [-0.39, 0.29) is 10.6 Å². The van der Waals surface area contributed by atoms with Crippen molar-refractivity contribution in [2.24, 2.45) is 5.73 Å². The summed E-state index contributed by atoms with van der Waals surface area (Å²) in [6.07, 6.45) is 2.04. The van der Waals surface area contributed by atoms with Gasteiger partial charge in [0.2, 0.25) is 5.84 Å². The first-order valence-electron chi connectivity index (χ1n) is 6.54. The smallest absolute Gasteiger partial charge is 0.240 e. The van der Waals surface area contributed by atoms with Crippen LogP contribution in [0.5, 0.6) is 0 Å². The first kappa shape index (κ1) is 14.7. The third kappa shape index (κ3) is 3.32. The number of hydrogen-bond donors (Lipinski definition) is 2. The summed E-state index contributed by atoms with van der Waals surface area (Å²) >= 11 is 0. The highest BCUT2D eigenvalue weighted by molar-refractivity contribution is 6.74. The number of nitrogens with two attached hydrogens (primary N) is 1. The van der Waals surface area contributed by atoms with Gasteiger partial charge < -0.3 is 4.43 Å². The van der Waals surface area contributed by atoms with Crippen LogP contribution >= 0.6 is 0 Å². The van der Waals surface area contributed by atoms with Crippen LogP contribution in [0.25, 0.3) is 0 Å². The minimum atomic E-state index is -1.72. The lowest BCUT2D eigenvalue weighted by Gasteiger charge is -2.43. The molecule has 3 nitrogen and oxygen atoms in total. The van der Waals surface area contributed by atoms with Crippen LogP contribution in [0.3, 0.4) is 0 Å². The highest BCUT2D eigenvalue weighted by Gasteiger charge is 2.45. The van der Waals surface area contributed by atoms with Crippen LogP contribution in [0.15, 0.2) is 0 Å². The predicted octanol–water partition coefficient (Wildman–Crippen LogP) is 1.39. The lowest BCUT2D eigenvalue weighted by atomic mass is 9.97. The minimum Gasteiger partial charge on any atom is -0.408 e. The molecule has 0 saturated carbocycles. The van der Waals surface area contributed by atoms with Crippen molar-refractivity contribution >= 4 is 14.2 Å². The van der Waals surface area contributed by atoms with E-state index in [4.69, 9.17) is 10.2 Å². The first-order chi connectivity index (χ1) is 7.46. The highest BCUT2D eigenvalue weighted by atomic mass is 28.4. The van der Waals surface area contributed by atoms with E-state index in [1.807, 2.05) is 0 Å². The second-order valence-electron chi connectivity index (χ2n) is 7.23. The minimum absolute atomic E-state index is 0.149. The molecular weight excluding hydrogens is 228 g/mol. The van der Waals surface area contributed by atoms with Crippen LogP contribution in [-0.4, -0.2) is 25.8 Å². The Labute approximate surface area is 107 Å². The second-order valence-corrected chi connectivity index (χ2v) is 12.0. The van der Waals surface area contributed by atoms with Crippen LogP contribution in [0.4, 0.5) is 0 Å². The summed E-state index contributed by atoms with van der Waals surface area (Å²) < 4.78 is 6.53. The molecule has 0 saturated heterocycles. The van der Waals surface area contributed by atoms with Crippen LogP contribution in [-0.2, 0) is 4.43 Å². The summed E-state index contributed by atoms with van der Waals surface area (Å²) in [7, 11) is -1.72. The quantitative estimate of drug-likeness (QED) is 0.751. The Hall–Kier alpha value is -0.353. The Kier molecular flexibility index (Phi) is 3.80. The maximum atomic E-state index is 6.53. The molecule has 1 atom stereocenters. The second kappa shape index (κ2) is 4.39. The first-order valence-corrected chi connectivity index (χ1v) is 9.44. The molecule has 0 aliphatic carbocycles. The molecule has 1 aliphatic rings. The van der Waals surface area contributed by atoms with Gasteiger partial charge in [-0.15, -0.1) is 0 Å². The van der Waals surface area contributed by atoms with E-state index in [9.17, 15) is 0 Å². The largest absolute Gasteiger partial charge is 0.408 e. The fourth-order valence-corrected chi connectivity index (χ4v) is 3.83. The zero-order chi connectivity index (χ0) is 13.5. The molecule has 0 aromatic carbocycles. The van der Waals surface area contributed by atoms with Crippen molar-refractivity contribution in [1.29, 1.82) is 0 Å². The van der Waals surface area contributed by atoms with Crippen LogP contribution < -0.4 is 10.7 Å². The molecule has 0 radical (unpaired) electrons. The molecule has 1 heterocycles. The normalized spacial score (nSPS) is 22.8. The van der Waals surface area contributed by atoms with Gasteiger partial charge in [0.25, 0.3) is 0 Å².